The molecular formula is C17H16BrClN2O3. The predicted molar refractivity (Wildman–Crippen MR) is 98.8 cm³/mol. The van der Waals surface area contributed by atoms with Crippen molar-refractivity contribution in [3.63, 3.8) is 0 Å². The van der Waals surface area contributed by atoms with E-state index in [0.717, 1.165) is 10.2 Å². The summed E-state index contributed by atoms with van der Waals surface area (Å²) in [6.45, 7) is -0.388. The van der Waals surface area contributed by atoms with Gasteiger partial charge in [0, 0.05) is 24.3 Å². The lowest BCUT2D eigenvalue weighted by molar-refractivity contribution is -0.119. The first-order chi connectivity index (χ1) is 11.4. The van der Waals surface area contributed by atoms with E-state index in [1.54, 1.807) is 42.5 Å². The molecule has 126 valence electrons. The summed E-state index contributed by atoms with van der Waals surface area (Å²) in [7, 11) is 3.82. The molecule has 5 nitrogen and oxygen atoms in total. The van der Waals surface area contributed by atoms with Crippen LogP contribution in [-0.4, -0.2) is 32.6 Å². The van der Waals surface area contributed by atoms with Gasteiger partial charge in [-0.25, -0.2) is 4.79 Å². The fourth-order valence-electron chi connectivity index (χ4n) is 1.89. The zero-order valence-electron chi connectivity index (χ0n) is 13.2. The number of anilines is 2. The summed E-state index contributed by atoms with van der Waals surface area (Å²) in [5, 5.41) is 2.98. The molecule has 2 rings (SSSR count). The number of halogens is 2. The molecule has 0 bridgehead atoms. The van der Waals surface area contributed by atoms with Crippen molar-refractivity contribution in [2.24, 2.45) is 0 Å². The second-order valence-corrected chi connectivity index (χ2v) is 6.51. The number of ether oxygens (including phenoxy) is 1. The van der Waals surface area contributed by atoms with E-state index in [4.69, 9.17) is 16.3 Å². The number of nitrogens with zero attached hydrogens (tertiary/aromatic N) is 1. The summed E-state index contributed by atoms with van der Waals surface area (Å²) in [6, 6.07) is 12.0. The summed E-state index contributed by atoms with van der Waals surface area (Å²) in [6.07, 6.45) is 0. The number of hydrogen-bond donors (Lipinski definition) is 1. The maximum atomic E-state index is 11.9. The van der Waals surface area contributed by atoms with Crippen LogP contribution in [0.1, 0.15) is 10.4 Å². The van der Waals surface area contributed by atoms with Crippen molar-refractivity contribution in [3.8, 4) is 0 Å². The molecule has 0 fully saturated rings. The lowest BCUT2D eigenvalue weighted by Gasteiger charge is -2.12. The monoisotopic (exact) mass is 410 g/mol. The normalized spacial score (nSPS) is 10.2. The van der Waals surface area contributed by atoms with Gasteiger partial charge >= 0.3 is 5.97 Å². The minimum atomic E-state index is -0.558. The van der Waals surface area contributed by atoms with Gasteiger partial charge in [0.1, 0.15) is 0 Å². The molecular weight excluding hydrogens is 396 g/mol. The van der Waals surface area contributed by atoms with Crippen LogP contribution < -0.4 is 10.2 Å². The summed E-state index contributed by atoms with van der Waals surface area (Å²) < 4.78 is 5.81. The van der Waals surface area contributed by atoms with Crippen molar-refractivity contribution in [1.82, 2.24) is 0 Å². The first-order valence-electron chi connectivity index (χ1n) is 7.06. The van der Waals surface area contributed by atoms with Gasteiger partial charge in [-0.05, 0) is 42.5 Å². The van der Waals surface area contributed by atoms with Gasteiger partial charge in [-0.15, -0.1) is 0 Å². The van der Waals surface area contributed by atoms with Crippen molar-refractivity contribution in [1.29, 1.82) is 0 Å². The Kier molecular flexibility index (Phi) is 6.23. The number of carbonyl (C=O) groups is 2. The molecule has 1 amide bonds. The number of esters is 1. The molecule has 2 aromatic rings. The Hall–Kier alpha value is -2.05. The highest BCUT2D eigenvalue weighted by molar-refractivity contribution is 9.10. The van der Waals surface area contributed by atoms with E-state index in [1.165, 1.54) is 0 Å². The van der Waals surface area contributed by atoms with Gasteiger partial charge in [0.2, 0.25) is 0 Å². The zero-order valence-corrected chi connectivity index (χ0v) is 15.5. The smallest absolute Gasteiger partial charge is 0.338 e. The Labute approximate surface area is 153 Å². The first-order valence-corrected chi connectivity index (χ1v) is 8.23. The lowest BCUT2D eigenvalue weighted by Crippen LogP contribution is -2.21. The van der Waals surface area contributed by atoms with Crippen LogP contribution in [-0.2, 0) is 9.53 Å². The van der Waals surface area contributed by atoms with E-state index in [2.05, 4.69) is 21.2 Å². The Balaban J connectivity index is 1.90. The van der Waals surface area contributed by atoms with Gasteiger partial charge in [-0.3, -0.25) is 4.79 Å². The van der Waals surface area contributed by atoms with Crippen LogP contribution in [0, 0.1) is 0 Å². The first kappa shape index (κ1) is 18.3. The standard InChI is InChI=1S/C17H16BrClN2O3/c1-21(2)13-6-3-11(4-7-13)17(23)24-10-16(22)20-15-8-5-12(18)9-14(15)19/h3-9H,10H2,1-2H3,(H,20,22). The van der Waals surface area contributed by atoms with E-state index < -0.39 is 11.9 Å². The summed E-state index contributed by atoms with van der Waals surface area (Å²) in [5.74, 6) is -1.02. The third kappa shape index (κ3) is 4.97. The molecule has 0 aliphatic carbocycles. The van der Waals surface area contributed by atoms with Crippen LogP contribution in [0.2, 0.25) is 5.02 Å². The van der Waals surface area contributed by atoms with Crippen LogP contribution in [0.4, 0.5) is 11.4 Å². The minimum absolute atomic E-state index is 0.384. The third-order valence-corrected chi connectivity index (χ3v) is 3.96. The highest BCUT2D eigenvalue weighted by Crippen LogP contribution is 2.25. The van der Waals surface area contributed by atoms with Crippen LogP contribution in [0.5, 0.6) is 0 Å². The van der Waals surface area contributed by atoms with E-state index in [1.807, 2.05) is 19.0 Å². The molecule has 1 N–H and O–H groups in total. The van der Waals surface area contributed by atoms with Gasteiger partial charge in [0.05, 0.1) is 16.3 Å². The minimum Gasteiger partial charge on any atom is -0.452 e. The Bertz CT molecular complexity index is 748. The van der Waals surface area contributed by atoms with Gasteiger partial charge in [-0.2, -0.15) is 0 Å². The molecule has 0 saturated carbocycles. The predicted octanol–water partition coefficient (Wildman–Crippen LogP) is 3.96. The Morgan fingerprint density at radius 1 is 1.17 bits per heavy atom. The molecule has 0 atom stereocenters. The molecule has 0 radical (unpaired) electrons. The third-order valence-electron chi connectivity index (χ3n) is 3.16. The van der Waals surface area contributed by atoms with E-state index in [9.17, 15) is 9.59 Å². The number of benzene rings is 2. The topological polar surface area (TPSA) is 58.6 Å². The molecule has 7 heteroatoms. The van der Waals surface area contributed by atoms with E-state index in [-0.39, 0.29) is 6.61 Å². The molecule has 0 aliphatic heterocycles. The highest BCUT2D eigenvalue weighted by atomic mass is 79.9. The molecule has 0 unspecified atom stereocenters. The molecule has 0 aromatic heterocycles. The van der Waals surface area contributed by atoms with Crippen molar-refractivity contribution in [2.45, 2.75) is 0 Å². The Morgan fingerprint density at radius 2 is 1.83 bits per heavy atom. The number of carbonyl (C=O) groups excluding carboxylic acids is 2. The lowest BCUT2D eigenvalue weighted by atomic mass is 10.2. The van der Waals surface area contributed by atoms with Crippen molar-refractivity contribution >= 4 is 50.8 Å². The maximum Gasteiger partial charge on any atom is 0.338 e. The second-order valence-electron chi connectivity index (χ2n) is 5.19. The van der Waals surface area contributed by atoms with E-state index in [0.29, 0.717) is 16.3 Å². The molecule has 0 aliphatic rings. The quantitative estimate of drug-likeness (QED) is 0.757. The van der Waals surface area contributed by atoms with Gasteiger partial charge in [-0.1, -0.05) is 27.5 Å². The molecule has 0 heterocycles. The van der Waals surface area contributed by atoms with Crippen molar-refractivity contribution in [2.75, 3.05) is 30.9 Å². The molecule has 0 saturated heterocycles. The van der Waals surface area contributed by atoms with Gasteiger partial charge < -0.3 is 15.0 Å². The Morgan fingerprint density at radius 3 is 2.42 bits per heavy atom. The SMILES string of the molecule is CN(C)c1ccc(C(=O)OCC(=O)Nc2ccc(Br)cc2Cl)cc1. The number of nitrogens with one attached hydrogen (secondary N) is 1. The fraction of sp³-hybridized carbons (Fsp3) is 0.176. The number of amides is 1. The largest absolute Gasteiger partial charge is 0.452 e. The molecule has 24 heavy (non-hydrogen) atoms. The maximum absolute atomic E-state index is 11.9. The van der Waals surface area contributed by atoms with Crippen molar-refractivity contribution < 1.29 is 14.3 Å². The van der Waals surface area contributed by atoms with Gasteiger partial charge in [0.25, 0.3) is 5.91 Å². The summed E-state index contributed by atoms with van der Waals surface area (Å²) >= 11 is 9.30. The van der Waals surface area contributed by atoms with Gasteiger partial charge in [0.15, 0.2) is 6.61 Å². The highest BCUT2D eigenvalue weighted by Gasteiger charge is 2.12. The van der Waals surface area contributed by atoms with Crippen LogP contribution in [0.15, 0.2) is 46.9 Å². The molecule has 2 aromatic carbocycles. The average molecular weight is 412 g/mol. The summed E-state index contributed by atoms with van der Waals surface area (Å²) in [4.78, 5) is 25.7. The zero-order chi connectivity index (χ0) is 17.7. The van der Waals surface area contributed by atoms with Crippen LogP contribution in [0.25, 0.3) is 0 Å². The van der Waals surface area contributed by atoms with E-state index >= 15 is 0 Å². The molecule has 0 spiro atoms. The number of rotatable bonds is 5. The fourth-order valence-corrected chi connectivity index (χ4v) is 2.61. The van der Waals surface area contributed by atoms with Crippen LogP contribution >= 0.6 is 27.5 Å². The van der Waals surface area contributed by atoms with Crippen molar-refractivity contribution in [3.05, 3.63) is 57.5 Å². The second kappa shape index (κ2) is 8.17. The van der Waals surface area contributed by atoms with Crippen LogP contribution in [0.3, 0.4) is 0 Å². The average Bonchev–Trinajstić information content (AvgIpc) is 2.55. The number of hydrogen-bond acceptors (Lipinski definition) is 4. The summed E-state index contributed by atoms with van der Waals surface area (Å²) in [5.41, 5.74) is 1.81.